The van der Waals surface area contributed by atoms with Crippen molar-refractivity contribution in [3.63, 3.8) is 0 Å². The summed E-state index contributed by atoms with van der Waals surface area (Å²) in [6.07, 6.45) is 4.25. The summed E-state index contributed by atoms with van der Waals surface area (Å²) in [6.45, 7) is 4.04. The topological polar surface area (TPSA) is 17.1 Å². The number of ketones is 1. The summed E-state index contributed by atoms with van der Waals surface area (Å²) >= 11 is 5.52. The highest BCUT2D eigenvalue weighted by molar-refractivity contribution is 6.27. The summed E-state index contributed by atoms with van der Waals surface area (Å²) in [5.74, 6) is 0.664. The highest BCUT2D eigenvalue weighted by atomic mass is 35.5. The van der Waals surface area contributed by atoms with Crippen LogP contribution in [0.2, 0.25) is 0 Å². The minimum atomic E-state index is -1.19. The van der Waals surface area contributed by atoms with Crippen LogP contribution in [0.1, 0.15) is 55.2 Å². The van der Waals surface area contributed by atoms with Crippen LogP contribution in [0.5, 0.6) is 0 Å². The van der Waals surface area contributed by atoms with E-state index >= 15 is 4.39 Å². The number of hydrogen-bond acceptors (Lipinski definition) is 1. The van der Waals surface area contributed by atoms with E-state index in [1.54, 1.807) is 0 Å². The number of alkyl halides is 2. The summed E-state index contributed by atoms with van der Waals surface area (Å²) in [5, 5.41) is 0. The molecule has 0 aliphatic heterocycles. The molecule has 1 aromatic rings. The van der Waals surface area contributed by atoms with E-state index in [0.717, 1.165) is 36.0 Å². The molecule has 0 heterocycles. The Bertz CT molecular complexity index is 504. The molecule has 0 amide bonds. The average molecular weight is 311 g/mol. The van der Waals surface area contributed by atoms with Crippen molar-refractivity contribution in [3.05, 3.63) is 34.9 Å². The van der Waals surface area contributed by atoms with Crippen LogP contribution in [0.4, 0.5) is 4.39 Å². The molecule has 116 valence electrons. The second-order valence-corrected chi connectivity index (χ2v) is 6.63. The Hall–Kier alpha value is -0.890. The Morgan fingerprint density at radius 1 is 1.33 bits per heavy atom. The lowest BCUT2D eigenvalue weighted by molar-refractivity contribution is -0.117. The predicted octanol–water partition coefficient (Wildman–Crippen LogP) is 5.25. The number of aryl methyl sites for hydroxylation is 1. The molecular formula is C18H24ClFO. The van der Waals surface area contributed by atoms with Crippen LogP contribution in [-0.4, -0.2) is 11.7 Å². The molecule has 21 heavy (non-hydrogen) atoms. The van der Waals surface area contributed by atoms with Gasteiger partial charge in [0.05, 0.1) is 5.88 Å². The highest BCUT2D eigenvalue weighted by Gasteiger charge is 2.37. The van der Waals surface area contributed by atoms with Crippen LogP contribution >= 0.6 is 11.6 Å². The molecule has 0 atom stereocenters. The van der Waals surface area contributed by atoms with Gasteiger partial charge in [-0.15, -0.1) is 11.6 Å². The van der Waals surface area contributed by atoms with E-state index in [1.165, 1.54) is 0 Å². The van der Waals surface area contributed by atoms with Gasteiger partial charge in [0.15, 0.2) is 0 Å². The van der Waals surface area contributed by atoms with Gasteiger partial charge in [0.2, 0.25) is 0 Å². The molecule has 0 unspecified atom stereocenters. The van der Waals surface area contributed by atoms with Gasteiger partial charge in [-0.05, 0) is 68.6 Å². The van der Waals surface area contributed by atoms with Gasteiger partial charge < -0.3 is 0 Å². The maximum atomic E-state index is 15.3. The predicted molar refractivity (Wildman–Crippen MR) is 85.6 cm³/mol. The van der Waals surface area contributed by atoms with Crippen LogP contribution in [-0.2, 0) is 10.5 Å². The van der Waals surface area contributed by atoms with Gasteiger partial charge in [0, 0.05) is 6.42 Å². The molecule has 1 aliphatic carbocycles. The van der Waals surface area contributed by atoms with Gasteiger partial charge in [0.1, 0.15) is 11.5 Å². The molecule has 1 aliphatic rings. The zero-order chi connectivity index (χ0) is 15.5. The minimum absolute atomic E-state index is 0.0995. The first-order valence-corrected chi connectivity index (χ1v) is 8.33. The fourth-order valence-corrected chi connectivity index (χ4v) is 3.50. The van der Waals surface area contributed by atoms with Gasteiger partial charge in [0.25, 0.3) is 0 Å². The average Bonchev–Trinajstić information content (AvgIpc) is 2.49. The number of benzene rings is 1. The number of carbonyl (C=O) groups is 1. The molecular weight excluding hydrogens is 287 g/mol. The monoisotopic (exact) mass is 310 g/mol. The molecule has 2 rings (SSSR count). The van der Waals surface area contributed by atoms with Crippen molar-refractivity contribution < 1.29 is 9.18 Å². The highest BCUT2D eigenvalue weighted by Crippen LogP contribution is 2.45. The Kier molecular flexibility index (Phi) is 5.43. The first-order chi connectivity index (χ1) is 9.96. The van der Waals surface area contributed by atoms with E-state index in [1.807, 2.05) is 32.0 Å². The van der Waals surface area contributed by atoms with Crippen molar-refractivity contribution in [2.24, 2.45) is 5.92 Å². The fourth-order valence-electron chi connectivity index (χ4n) is 3.36. The van der Waals surface area contributed by atoms with Crippen LogP contribution in [0.25, 0.3) is 0 Å². The first kappa shape index (κ1) is 16.5. The third kappa shape index (κ3) is 3.85. The number of halogens is 2. The van der Waals surface area contributed by atoms with E-state index in [4.69, 9.17) is 11.6 Å². The van der Waals surface area contributed by atoms with E-state index in [-0.39, 0.29) is 11.7 Å². The number of carbonyl (C=O) groups excluding carboxylic acids is 1. The lowest BCUT2D eigenvalue weighted by atomic mass is 9.73. The van der Waals surface area contributed by atoms with Gasteiger partial charge in [-0.25, -0.2) is 4.39 Å². The first-order valence-electron chi connectivity index (χ1n) is 7.79. The maximum Gasteiger partial charge on any atom is 0.147 e. The molecule has 0 N–H and O–H groups in total. The van der Waals surface area contributed by atoms with Gasteiger partial charge in [-0.1, -0.05) is 18.2 Å². The second-order valence-electron chi connectivity index (χ2n) is 6.37. The van der Waals surface area contributed by atoms with E-state index in [0.29, 0.717) is 25.2 Å². The van der Waals surface area contributed by atoms with E-state index in [2.05, 4.69) is 0 Å². The van der Waals surface area contributed by atoms with Gasteiger partial charge in [-0.3, -0.25) is 4.79 Å². The number of rotatable bonds is 5. The third-order valence-corrected chi connectivity index (χ3v) is 5.26. The minimum Gasteiger partial charge on any atom is -0.298 e. The number of Topliss-reactive ketones (excluding diaryl/α,β-unsaturated/α-hetero) is 1. The standard InChI is InChI=1S/C18H24ClFO/c1-13-4-3-5-17(14(13)2)18(20)10-8-15(9-11-18)6-7-16(21)12-19/h3-5,15H,6-12H2,1-2H3. The summed E-state index contributed by atoms with van der Waals surface area (Å²) < 4.78 is 15.3. The van der Waals surface area contributed by atoms with Gasteiger partial charge >= 0.3 is 0 Å². The Morgan fingerprint density at radius 2 is 2.00 bits per heavy atom. The lowest BCUT2D eigenvalue weighted by Gasteiger charge is -2.35. The Balaban J connectivity index is 1.99. The van der Waals surface area contributed by atoms with E-state index in [9.17, 15) is 4.79 Å². The SMILES string of the molecule is Cc1cccc(C2(F)CCC(CCC(=O)CCl)CC2)c1C. The third-order valence-electron chi connectivity index (χ3n) is 4.97. The van der Waals surface area contributed by atoms with Crippen molar-refractivity contribution in [1.82, 2.24) is 0 Å². The Morgan fingerprint density at radius 3 is 2.62 bits per heavy atom. The molecule has 3 heteroatoms. The molecule has 1 nitrogen and oxygen atoms in total. The largest absolute Gasteiger partial charge is 0.298 e. The second kappa shape index (κ2) is 6.91. The zero-order valence-electron chi connectivity index (χ0n) is 12.9. The molecule has 1 fully saturated rings. The molecule has 0 bridgehead atoms. The molecule has 1 saturated carbocycles. The zero-order valence-corrected chi connectivity index (χ0v) is 13.7. The smallest absolute Gasteiger partial charge is 0.147 e. The van der Waals surface area contributed by atoms with Crippen molar-refractivity contribution >= 4 is 17.4 Å². The molecule has 0 spiro atoms. The summed E-state index contributed by atoms with van der Waals surface area (Å²) in [6, 6.07) is 5.91. The fraction of sp³-hybridized carbons (Fsp3) is 0.611. The number of hydrogen-bond donors (Lipinski definition) is 0. The maximum absolute atomic E-state index is 15.3. The van der Waals surface area contributed by atoms with Crippen LogP contribution in [0.3, 0.4) is 0 Å². The summed E-state index contributed by atoms with van der Waals surface area (Å²) in [5.41, 5.74) is 1.90. The van der Waals surface area contributed by atoms with Crippen LogP contribution in [0.15, 0.2) is 18.2 Å². The van der Waals surface area contributed by atoms with Gasteiger partial charge in [-0.2, -0.15) is 0 Å². The van der Waals surface area contributed by atoms with Crippen LogP contribution < -0.4 is 0 Å². The van der Waals surface area contributed by atoms with Crippen LogP contribution in [0, 0.1) is 19.8 Å². The molecule has 1 aromatic carbocycles. The molecule has 0 aromatic heterocycles. The molecule has 0 saturated heterocycles. The normalized spacial score (nSPS) is 25.8. The van der Waals surface area contributed by atoms with Crippen molar-refractivity contribution in [2.45, 2.75) is 58.0 Å². The summed E-state index contributed by atoms with van der Waals surface area (Å²) in [4.78, 5) is 11.3. The van der Waals surface area contributed by atoms with Crippen molar-refractivity contribution in [2.75, 3.05) is 5.88 Å². The van der Waals surface area contributed by atoms with Crippen molar-refractivity contribution in [1.29, 1.82) is 0 Å². The molecule has 0 radical (unpaired) electrons. The quantitative estimate of drug-likeness (QED) is 0.679. The van der Waals surface area contributed by atoms with Crippen molar-refractivity contribution in [3.8, 4) is 0 Å². The lowest BCUT2D eigenvalue weighted by Crippen LogP contribution is -2.28. The Labute approximate surface area is 131 Å². The summed E-state index contributed by atoms with van der Waals surface area (Å²) in [7, 11) is 0. The van der Waals surface area contributed by atoms with E-state index < -0.39 is 5.67 Å².